The Bertz CT molecular complexity index is 834. The second kappa shape index (κ2) is 6.26. The Labute approximate surface area is 137 Å². The van der Waals surface area contributed by atoms with E-state index in [1.165, 1.54) is 30.3 Å². The highest BCUT2D eigenvalue weighted by Crippen LogP contribution is 2.40. The van der Waals surface area contributed by atoms with Gasteiger partial charge in [0.05, 0.1) is 28.7 Å². The van der Waals surface area contributed by atoms with Gasteiger partial charge in [-0.25, -0.2) is 4.39 Å². The van der Waals surface area contributed by atoms with E-state index in [1.807, 2.05) is 6.07 Å². The molecule has 1 N–H and O–H groups in total. The number of hydrogen-bond donors (Lipinski definition) is 1. The number of β-amino-alcohol motifs (C(OH)–C–C–N with tert-alkyl or cyclic N) is 1. The van der Waals surface area contributed by atoms with Crippen LogP contribution >= 0.6 is 0 Å². The molecule has 2 atom stereocenters. The van der Waals surface area contributed by atoms with Crippen molar-refractivity contribution in [3.63, 3.8) is 0 Å². The van der Waals surface area contributed by atoms with Crippen molar-refractivity contribution in [3.8, 4) is 6.07 Å². The maximum absolute atomic E-state index is 13.5. The number of nitriles is 1. The van der Waals surface area contributed by atoms with Gasteiger partial charge in [0, 0.05) is 12.6 Å². The van der Waals surface area contributed by atoms with Crippen LogP contribution in [0.5, 0.6) is 0 Å². The Kier molecular flexibility index (Phi) is 4.15. The van der Waals surface area contributed by atoms with Crippen molar-refractivity contribution in [1.29, 1.82) is 5.26 Å². The Balaban J connectivity index is 2.07. The highest BCUT2D eigenvalue weighted by atomic mass is 19.1. The number of nitro benzene ring substituents is 1. The Morgan fingerprint density at radius 2 is 2.12 bits per heavy atom. The topological polar surface area (TPSA) is 90.4 Å². The molecule has 0 aliphatic carbocycles. The quantitative estimate of drug-likeness (QED) is 0.691. The van der Waals surface area contributed by atoms with Gasteiger partial charge in [-0.15, -0.1) is 0 Å². The van der Waals surface area contributed by atoms with Crippen LogP contribution in [0.4, 0.5) is 15.8 Å². The maximum atomic E-state index is 13.5. The van der Waals surface area contributed by atoms with Crippen LogP contribution in [0.15, 0.2) is 42.5 Å². The van der Waals surface area contributed by atoms with Crippen LogP contribution in [0.1, 0.15) is 23.6 Å². The van der Waals surface area contributed by atoms with E-state index in [1.54, 1.807) is 17.0 Å². The average molecular weight is 327 g/mol. The van der Waals surface area contributed by atoms with Gasteiger partial charge in [0.1, 0.15) is 11.5 Å². The molecule has 0 bridgehead atoms. The zero-order valence-electron chi connectivity index (χ0n) is 12.6. The Morgan fingerprint density at radius 1 is 1.33 bits per heavy atom. The predicted octanol–water partition coefficient (Wildman–Crippen LogP) is 2.92. The van der Waals surface area contributed by atoms with Gasteiger partial charge >= 0.3 is 0 Å². The molecule has 7 heteroatoms. The molecule has 0 radical (unpaired) electrons. The number of nitro groups is 1. The normalized spacial score (nSPS) is 20.0. The summed E-state index contributed by atoms with van der Waals surface area (Å²) in [6.45, 7) is 0.202. The maximum Gasteiger partial charge on any atom is 0.293 e. The zero-order chi connectivity index (χ0) is 17.3. The third-order valence-corrected chi connectivity index (χ3v) is 4.12. The molecular weight excluding hydrogens is 313 g/mol. The van der Waals surface area contributed by atoms with Gasteiger partial charge in [-0.3, -0.25) is 10.1 Å². The van der Waals surface area contributed by atoms with Gasteiger partial charge in [-0.1, -0.05) is 12.1 Å². The molecule has 24 heavy (non-hydrogen) atoms. The van der Waals surface area contributed by atoms with Gasteiger partial charge in [0.2, 0.25) is 0 Å². The molecule has 1 heterocycles. The van der Waals surface area contributed by atoms with Crippen molar-refractivity contribution in [2.75, 3.05) is 11.4 Å². The summed E-state index contributed by atoms with van der Waals surface area (Å²) in [5.74, 6) is -0.400. The molecule has 0 saturated carbocycles. The molecule has 1 saturated heterocycles. The number of nitrogens with zero attached hydrogens (tertiary/aromatic N) is 3. The second-order valence-electron chi connectivity index (χ2n) is 5.69. The van der Waals surface area contributed by atoms with Crippen LogP contribution in [0.2, 0.25) is 0 Å². The van der Waals surface area contributed by atoms with Crippen LogP contribution < -0.4 is 4.90 Å². The van der Waals surface area contributed by atoms with Crippen molar-refractivity contribution < 1.29 is 14.4 Å². The monoisotopic (exact) mass is 327 g/mol. The van der Waals surface area contributed by atoms with E-state index in [0.717, 1.165) is 0 Å². The van der Waals surface area contributed by atoms with Crippen molar-refractivity contribution in [2.24, 2.45) is 0 Å². The average Bonchev–Trinajstić information content (AvgIpc) is 2.96. The number of rotatable bonds is 3. The van der Waals surface area contributed by atoms with E-state index in [4.69, 9.17) is 5.26 Å². The van der Waals surface area contributed by atoms with E-state index in [9.17, 15) is 19.6 Å². The molecule has 2 aromatic rings. The fourth-order valence-electron chi connectivity index (χ4n) is 3.09. The lowest BCUT2D eigenvalue weighted by molar-refractivity contribution is -0.384. The van der Waals surface area contributed by atoms with Gasteiger partial charge in [-0.05, 0) is 36.2 Å². The van der Waals surface area contributed by atoms with Crippen LogP contribution in [-0.4, -0.2) is 22.7 Å². The summed E-state index contributed by atoms with van der Waals surface area (Å²) in [5, 5.41) is 30.3. The van der Waals surface area contributed by atoms with Crippen LogP contribution in [0.25, 0.3) is 0 Å². The lowest BCUT2D eigenvalue weighted by Gasteiger charge is -2.26. The molecule has 1 aliphatic rings. The third kappa shape index (κ3) is 2.92. The number of aliphatic hydroxyl groups excluding tert-OH is 1. The smallest absolute Gasteiger partial charge is 0.293 e. The van der Waals surface area contributed by atoms with Crippen molar-refractivity contribution in [3.05, 3.63) is 69.5 Å². The Hall–Kier alpha value is -2.98. The molecule has 122 valence electrons. The molecule has 3 rings (SSSR count). The SMILES string of the molecule is N#Cc1ccc(N2C[C@H](O)C[C@H]2c2cccc(F)c2)c([N+](=O)[O-])c1. The molecule has 2 aromatic carbocycles. The highest BCUT2D eigenvalue weighted by Gasteiger charge is 2.35. The lowest BCUT2D eigenvalue weighted by Crippen LogP contribution is -2.25. The summed E-state index contributed by atoms with van der Waals surface area (Å²) in [4.78, 5) is 12.5. The molecule has 0 unspecified atom stereocenters. The minimum atomic E-state index is -0.673. The summed E-state index contributed by atoms with van der Waals surface area (Å²) < 4.78 is 13.5. The standard InChI is InChI=1S/C17H14FN3O3/c18-13-3-1-2-12(7-13)16-8-14(22)10-20(16)15-5-4-11(9-19)6-17(15)21(23)24/h1-7,14,16,22H,8,10H2/t14-,16+/m1/s1. The van der Waals surface area contributed by atoms with Crippen molar-refractivity contribution in [2.45, 2.75) is 18.6 Å². The summed E-state index contributed by atoms with van der Waals surface area (Å²) >= 11 is 0. The largest absolute Gasteiger partial charge is 0.391 e. The number of halogens is 1. The van der Waals surface area contributed by atoms with Crippen LogP contribution in [0, 0.1) is 27.3 Å². The second-order valence-corrected chi connectivity index (χ2v) is 5.69. The van der Waals surface area contributed by atoms with E-state index < -0.39 is 16.8 Å². The van der Waals surface area contributed by atoms with E-state index >= 15 is 0 Å². The first-order valence-corrected chi connectivity index (χ1v) is 7.38. The lowest BCUT2D eigenvalue weighted by atomic mass is 10.0. The first kappa shape index (κ1) is 15.9. The van der Waals surface area contributed by atoms with E-state index in [0.29, 0.717) is 17.7 Å². The summed E-state index contributed by atoms with van der Waals surface area (Å²) in [7, 11) is 0. The number of aliphatic hydroxyl groups is 1. The van der Waals surface area contributed by atoms with Gasteiger partial charge in [0.15, 0.2) is 0 Å². The third-order valence-electron chi connectivity index (χ3n) is 4.12. The number of anilines is 1. The van der Waals surface area contributed by atoms with Crippen LogP contribution in [0.3, 0.4) is 0 Å². The van der Waals surface area contributed by atoms with Crippen LogP contribution in [-0.2, 0) is 0 Å². The number of hydrogen-bond acceptors (Lipinski definition) is 5. The molecule has 0 aromatic heterocycles. The van der Waals surface area contributed by atoms with E-state index in [2.05, 4.69) is 0 Å². The summed E-state index contributed by atoms with van der Waals surface area (Å²) in [6, 6.07) is 11.7. The van der Waals surface area contributed by atoms with Gasteiger partial charge in [-0.2, -0.15) is 5.26 Å². The minimum absolute atomic E-state index is 0.188. The van der Waals surface area contributed by atoms with E-state index in [-0.39, 0.29) is 23.8 Å². The van der Waals surface area contributed by atoms with Crippen molar-refractivity contribution in [1.82, 2.24) is 0 Å². The molecule has 0 amide bonds. The van der Waals surface area contributed by atoms with Gasteiger partial charge in [0.25, 0.3) is 5.69 Å². The fourth-order valence-corrected chi connectivity index (χ4v) is 3.09. The Morgan fingerprint density at radius 3 is 2.79 bits per heavy atom. The first-order chi connectivity index (χ1) is 11.5. The molecule has 1 aliphatic heterocycles. The first-order valence-electron chi connectivity index (χ1n) is 7.38. The fraction of sp³-hybridized carbons (Fsp3) is 0.235. The minimum Gasteiger partial charge on any atom is -0.391 e. The van der Waals surface area contributed by atoms with Gasteiger partial charge < -0.3 is 10.0 Å². The summed E-state index contributed by atoms with van der Waals surface area (Å²) in [6.07, 6.45) is -0.325. The zero-order valence-corrected chi connectivity index (χ0v) is 12.6. The number of benzene rings is 2. The highest BCUT2D eigenvalue weighted by molar-refractivity contribution is 5.67. The molecule has 0 spiro atoms. The van der Waals surface area contributed by atoms with Crippen molar-refractivity contribution >= 4 is 11.4 Å². The molecular formula is C17H14FN3O3. The predicted molar refractivity (Wildman–Crippen MR) is 84.9 cm³/mol. The summed E-state index contributed by atoms with van der Waals surface area (Å²) in [5.41, 5.74) is 0.937. The molecule has 1 fully saturated rings. The molecule has 6 nitrogen and oxygen atoms in total.